The fraction of sp³-hybridized carbons (Fsp3) is 0.462. The van der Waals surface area contributed by atoms with Crippen LogP contribution in [0.4, 0.5) is 0 Å². The predicted octanol–water partition coefficient (Wildman–Crippen LogP) is 2.54. The highest BCUT2D eigenvalue weighted by molar-refractivity contribution is 5.83. The average Bonchev–Trinajstić information content (AvgIpc) is 2.54. The van der Waals surface area contributed by atoms with Crippen LogP contribution in [0.5, 0.6) is 0 Å². The molecule has 0 aliphatic rings. The standard InChI is InChI=1S/C13H19N3/c1-8(2)12(14)13-10-7-9(3)5-6-11(10)16(4)15-13/h5-8,12H,14H2,1-4H3. The molecule has 3 nitrogen and oxygen atoms in total. The molecule has 0 radical (unpaired) electrons. The number of hydrogen-bond acceptors (Lipinski definition) is 2. The zero-order chi connectivity index (χ0) is 11.9. The molecule has 2 N–H and O–H groups in total. The summed E-state index contributed by atoms with van der Waals surface area (Å²) < 4.78 is 1.91. The van der Waals surface area contributed by atoms with E-state index in [-0.39, 0.29) is 6.04 Å². The van der Waals surface area contributed by atoms with E-state index < -0.39 is 0 Å². The third-order valence-electron chi connectivity index (χ3n) is 3.07. The van der Waals surface area contributed by atoms with Gasteiger partial charge in [-0.25, -0.2) is 0 Å². The molecular weight excluding hydrogens is 198 g/mol. The number of fused-ring (bicyclic) bond motifs is 1. The molecule has 2 aromatic rings. The van der Waals surface area contributed by atoms with E-state index in [0.29, 0.717) is 5.92 Å². The van der Waals surface area contributed by atoms with Crippen molar-refractivity contribution in [1.29, 1.82) is 0 Å². The largest absolute Gasteiger partial charge is 0.322 e. The maximum atomic E-state index is 6.19. The highest BCUT2D eigenvalue weighted by atomic mass is 15.3. The van der Waals surface area contributed by atoms with Crippen molar-refractivity contribution >= 4 is 10.9 Å². The summed E-state index contributed by atoms with van der Waals surface area (Å²) in [6.07, 6.45) is 0. The van der Waals surface area contributed by atoms with E-state index in [0.717, 1.165) is 11.2 Å². The van der Waals surface area contributed by atoms with Crippen molar-refractivity contribution in [3.63, 3.8) is 0 Å². The van der Waals surface area contributed by atoms with Crippen LogP contribution in [0.2, 0.25) is 0 Å². The van der Waals surface area contributed by atoms with Crippen molar-refractivity contribution in [1.82, 2.24) is 9.78 Å². The van der Waals surface area contributed by atoms with Crippen molar-refractivity contribution in [2.45, 2.75) is 26.8 Å². The van der Waals surface area contributed by atoms with E-state index in [1.165, 1.54) is 10.9 Å². The first-order chi connectivity index (χ1) is 7.50. The fourth-order valence-corrected chi connectivity index (χ4v) is 1.97. The number of nitrogens with two attached hydrogens (primary N) is 1. The van der Waals surface area contributed by atoms with Gasteiger partial charge in [0.15, 0.2) is 0 Å². The Hall–Kier alpha value is -1.35. The molecule has 0 bridgehead atoms. The lowest BCUT2D eigenvalue weighted by Gasteiger charge is -2.13. The molecule has 2 rings (SSSR count). The molecule has 1 unspecified atom stereocenters. The lowest BCUT2D eigenvalue weighted by Crippen LogP contribution is -2.17. The summed E-state index contributed by atoms with van der Waals surface area (Å²) in [4.78, 5) is 0. The minimum absolute atomic E-state index is 0.00509. The van der Waals surface area contributed by atoms with Gasteiger partial charge in [-0.3, -0.25) is 4.68 Å². The molecule has 86 valence electrons. The molecule has 0 aliphatic carbocycles. The molecule has 16 heavy (non-hydrogen) atoms. The van der Waals surface area contributed by atoms with Gasteiger partial charge in [-0.1, -0.05) is 25.5 Å². The Morgan fingerprint density at radius 2 is 2.00 bits per heavy atom. The Morgan fingerprint density at radius 1 is 1.31 bits per heavy atom. The van der Waals surface area contributed by atoms with Gasteiger partial charge in [-0.15, -0.1) is 0 Å². The highest BCUT2D eigenvalue weighted by Gasteiger charge is 2.18. The first-order valence-electron chi connectivity index (χ1n) is 5.69. The quantitative estimate of drug-likeness (QED) is 0.840. The summed E-state index contributed by atoms with van der Waals surface area (Å²) in [6.45, 7) is 6.35. The van der Waals surface area contributed by atoms with Crippen LogP contribution in [0.15, 0.2) is 18.2 Å². The smallest absolute Gasteiger partial charge is 0.0873 e. The van der Waals surface area contributed by atoms with Gasteiger partial charge >= 0.3 is 0 Å². The van der Waals surface area contributed by atoms with Gasteiger partial charge in [0.05, 0.1) is 17.3 Å². The van der Waals surface area contributed by atoms with Gasteiger partial charge in [0.2, 0.25) is 0 Å². The summed E-state index contributed by atoms with van der Waals surface area (Å²) in [7, 11) is 1.97. The first-order valence-corrected chi connectivity index (χ1v) is 5.69. The topological polar surface area (TPSA) is 43.8 Å². The third kappa shape index (κ3) is 1.71. The average molecular weight is 217 g/mol. The molecule has 1 aromatic heterocycles. The lowest BCUT2D eigenvalue weighted by molar-refractivity contribution is 0.499. The number of aryl methyl sites for hydroxylation is 2. The molecule has 1 atom stereocenters. The first kappa shape index (κ1) is 11.1. The Labute approximate surface area is 96.2 Å². The molecule has 0 amide bonds. The maximum absolute atomic E-state index is 6.19. The van der Waals surface area contributed by atoms with Gasteiger partial charge < -0.3 is 5.73 Å². The summed E-state index contributed by atoms with van der Waals surface area (Å²) >= 11 is 0. The number of benzene rings is 1. The van der Waals surface area contributed by atoms with Crippen molar-refractivity contribution in [3.05, 3.63) is 29.5 Å². The molecule has 0 saturated carbocycles. The molecule has 3 heteroatoms. The highest BCUT2D eigenvalue weighted by Crippen LogP contribution is 2.26. The third-order valence-corrected chi connectivity index (χ3v) is 3.07. The Bertz CT molecular complexity index is 511. The monoisotopic (exact) mass is 217 g/mol. The van der Waals surface area contributed by atoms with E-state index in [1.807, 2.05) is 11.7 Å². The second-order valence-corrected chi connectivity index (χ2v) is 4.80. The van der Waals surface area contributed by atoms with E-state index in [2.05, 4.69) is 44.1 Å². The Kier molecular flexibility index (Phi) is 2.72. The number of aromatic nitrogens is 2. The summed E-state index contributed by atoms with van der Waals surface area (Å²) in [5, 5.41) is 5.73. The molecular formula is C13H19N3. The van der Waals surface area contributed by atoms with E-state index >= 15 is 0 Å². The van der Waals surface area contributed by atoms with Crippen molar-refractivity contribution < 1.29 is 0 Å². The molecule has 0 aliphatic heterocycles. The predicted molar refractivity (Wildman–Crippen MR) is 67.2 cm³/mol. The minimum Gasteiger partial charge on any atom is -0.322 e. The Morgan fingerprint density at radius 3 is 2.62 bits per heavy atom. The van der Waals surface area contributed by atoms with E-state index in [1.54, 1.807) is 0 Å². The van der Waals surface area contributed by atoms with Crippen LogP contribution in [-0.4, -0.2) is 9.78 Å². The van der Waals surface area contributed by atoms with Crippen LogP contribution in [0.1, 0.15) is 31.1 Å². The maximum Gasteiger partial charge on any atom is 0.0873 e. The van der Waals surface area contributed by atoms with Gasteiger partial charge in [0, 0.05) is 12.4 Å². The number of rotatable bonds is 2. The molecule has 1 heterocycles. The molecule has 0 saturated heterocycles. The van der Waals surface area contributed by atoms with E-state index in [4.69, 9.17) is 5.73 Å². The van der Waals surface area contributed by atoms with Crippen LogP contribution >= 0.6 is 0 Å². The van der Waals surface area contributed by atoms with Gasteiger partial charge in [-0.2, -0.15) is 5.10 Å². The van der Waals surface area contributed by atoms with Crippen LogP contribution in [0.3, 0.4) is 0 Å². The van der Waals surface area contributed by atoms with Crippen LogP contribution in [0, 0.1) is 12.8 Å². The zero-order valence-corrected chi connectivity index (χ0v) is 10.4. The Balaban J connectivity index is 2.66. The fourth-order valence-electron chi connectivity index (χ4n) is 1.97. The SMILES string of the molecule is Cc1ccc2c(c1)c(C(N)C(C)C)nn2C. The normalized spacial score (nSPS) is 13.6. The second kappa shape index (κ2) is 3.91. The second-order valence-electron chi connectivity index (χ2n) is 4.80. The van der Waals surface area contributed by atoms with Crippen molar-refractivity contribution in [2.24, 2.45) is 18.7 Å². The minimum atomic E-state index is 0.00509. The molecule has 0 spiro atoms. The summed E-state index contributed by atoms with van der Waals surface area (Å²) in [5.41, 5.74) is 9.60. The van der Waals surface area contributed by atoms with E-state index in [9.17, 15) is 0 Å². The van der Waals surface area contributed by atoms with Gasteiger partial charge in [0.1, 0.15) is 0 Å². The summed E-state index contributed by atoms with van der Waals surface area (Å²) in [5.74, 6) is 0.401. The van der Waals surface area contributed by atoms with Crippen molar-refractivity contribution in [3.8, 4) is 0 Å². The van der Waals surface area contributed by atoms with Crippen molar-refractivity contribution in [2.75, 3.05) is 0 Å². The van der Waals surface area contributed by atoms with Crippen LogP contribution < -0.4 is 5.73 Å². The number of nitrogens with zero attached hydrogens (tertiary/aromatic N) is 2. The number of hydrogen-bond donors (Lipinski definition) is 1. The summed E-state index contributed by atoms with van der Waals surface area (Å²) in [6, 6.07) is 6.38. The van der Waals surface area contributed by atoms with Gasteiger partial charge in [0.25, 0.3) is 0 Å². The lowest BCUT2D eigenvalue weighted by atomic mass is 9.99. The zero-order valence-electron chi connectivity index (χ0n) is 10.4. The molecule has 0 fully saturated rings. The van der Waals surface area contributed by atoms with Gasteiger partial charge in [-0.05, 0) is 25.0 Å². The van der Waals surface area contributed by atoms with Crippen LogP contribution in [0.25, 0.3) is 10.9 Å². The molecule has 1 aromatic carbocycles. The van der Waals surface area contributed by atoms with Crippen LogP contribution in [-0.2, 0) is 7.05 Å².